The number of hydrogen-bond donors (Lipinski definition) is 2. The monoisotopic (exact) mass is 373 g/mol. The number of nitrogens with zero attached hydrogens (tertiary/aromatic N) is 4. The van der Waals surface area contributed by atoms with Crippen molar-refractivity contribution in [1.29, 1.82) is 0 Å². The molecular formula is C18H23N5O4. The van der Waals surface area contributed by atoms with Gasteiger partial charge in [-0.25, -0.2) is 4.79 Å². The molecule has 0 aliphatic rings. The second-order valence-corrected chi connectivity index (χ2v) is 6.25. The summed E-state index contributed by atoms with van der Waals surface area (Å²) in [5.41, 5.74) is 0.664. The van der Waals surface area contributed by atoms with E-state index in [2.05, 4.69) is 10.3 Å². The van der Waals surface area contributed by atoms with Gasteiger partial charge in [0.2, 0.25) is 5.95 Å². The molecule has 0 saturated heterocycles. The fraction of sp³-hybridized carbons (Fsp3) is 0.389. The Labute approximate surface area is 155 Å². The lowest BCUT2D eigenvalue weighted by Crippen LogP contribution is -2.39. The van der Waals surface area contributed by atoms with Crippen LogP contribution in [-0.4, -0.2) is 44.1 Å². The van der Waals surface area contributed by atoms with Gasteiger partial charge in [0.15, 0.2) is 11.2 Å². The highest BCUT2D eigenvalue weighted by Gasteiger charge is 2.18. The number of rotatable bonds is 7. The summed E-state index contributed by atoms with van der Waals surface area (Å²) in [6.45, 7) is 0.732. The third-order valence-corrected chi connectivity index (χ3v) is 4.48. The third-order valence-electron chi connectivity index (χ3n) is 4.48. The van der Waals surface area contributed by atoms with Crippen molar-refractivity contribution in [3.8, 4) is 5.75 Å². The molecule has 0 aliphatic carbocycles. The van der Waals surface area contributed by atoms with Crippen LogP contribution >= 0.6 is 0 Å². The molecular weight excluding hydrogens is 350 g/mol. The molecule has 3 rings (SSSR count). The predicted octanol–water partition coefficient (Wildman–Crippen LogP) is 0.285. The van der Waals surface area contributed by atoms with Crippen molar-refractivity contribution in [2.24, 2.45) is 14.1 Å². The largest absolute Gasteiger partial charge is 0.497 e. The minimum Gasteiger partial charge on any atom is -0.497 e. The maximum absolute atomic E-state index is 13.0. The van der Waals surface area contributed by atoms with Crippen LogP contribution in [0, 0.1) is 0 Å². The average molecular weight is 373 g/mol. The third kappa shape index (κ3) is 3.45. The summed E-state index contributed by atoms with van der Waals surface area (Å²) in [4.78, 5) is 30.1. The molecule has 0 bridgehead atoms. The number of methoxy groups -OCH3 is 1. The molecule has 0 saturated carbocycles. The van der Waals surface area contributed by atoms with Crippen LogP contribution in [0.1, 0.15) is 12.0 Å². The van der Waals surface area contributed by atoms with Gasteiger partial charge in [-0.05, 0) is 24.1 Å². The number of hydrogen-bond acceptors (Lipinski definition) is 6. The zero-order valence-corrected chi connectivity index (χ0v) is 15.6. The van der Waals surface area contributed by atoms with E-state index in [9.17, 15) is 9.59 Å². The van der Waals surface area contributed by atoms with Gasteiger partial charge in [0.05, 0.1) is 13.7 Å². The number of benzene rings is 1. The molecule has 2 heterocycles. The van der Waals surface area contributed by atoms with Gasteiger partial charge in [-0.2, -0.15) is 4.98 Å². The van der Waals surface area contributed by atoms with E-state index in [-0.39, 0.29) is 13.2 Å². The molecule has 0 spiro atoms. The van der Waals surface area contributed by atoms with E-state index in [1.807, 2.05) is 12.1 Å². The number of aryl methyl sites for hydroxylation is 2. The highest BCUT2D eigenvalue weighted by Crippen LogP contribution is 2.14. The zero-order valence-electron chi connectivity index (χ0n) is 15.6. The number of aliphatic hydroxyl groups is 1. The summed E-state index contributed by atoms with van der Waals surface area (Å²) in [7, 11) is 4.90. The Kier molecular flexibility index (Phi) is 5.31. The minimum atomic E-state index is -0.427. The number of aliphatic hydroxyl groups excluding tert-OH is 1. The highest BCUT2D eigenvalue weighted by atomic mass is 16.5. The van der Waals surface area contributed by atoms with Gasteiger partial charge >= 0.3 is 5.69 Å². The number of aromatic nitrogens is 4. The molecule has 2 aromatic heterocycles. The lowest BCUT2D eigenvalue weighted by atomic mass is 10.2. The lowest BCUT2D eigenvalue weighted by Gasteiger charge is -2.09. The summed E-state index contributed by atoms with van der Waals surface area (Å²) in [5, 5.41) is 12.0. The Morgan fingerprint density at radius 2 is 1.85 bits per heavy atom. The Morgan fingerprint density at radius 3 is 2.48 bits per heavy atom. The molecule has 9 heteroatoms. The fourth-order valence-electron chi connectivity index (χ4n) is 2.93. The van der Waals surface area contributed by atoms with Crippen LogP contribution in [0.25, 0.3) is 11.2 Å². The second kappa shape index (κ2) is 7.67. The minimum absolute atomic E-state index is 0.0596. The van der Waals surface area contributed by atoms with Gasteiger partial charge in [-0.3, -0.25) is 13.9 Å². The molecule has 0 unspecified atom stereocenters. The molecule has 9 nitrogen and oxygen atoms in total. The van der Waals surface area contributed by atoms with Gasteiger partial charge < -0.3 is 19.7 Å². The first-order valence-corrected chi connectivity index (χ1v) is 8.61. The molecule has 1 aromatic carbocycles. The molecule has 0 aliphatic heterocycles. The first-order valence-electron chi connectivity index (χ1n) is 8.61. The lowest BCUT2D eigenvalue weighted by molar-refractivity contribution is 0.292. The fourth-order valence-corrected chi connectivity index (χ4v) is 2.93. The number of nitrogens with one attached hydrogen (secondary N) is 1. The van der Waals surface area contributed by atoms with Crippen molar-refractivity contribution < 1.29 is 9.84 Å². The summed E-state index contributed by atoms with van der Waals surface area (Å²) in [6.07, 6.45) is 0.559. The SMILES string of the molecule is COc1ccc(Cn2c(=O)c3c(nc(NCCCO)n3C)n(C)c2=O)cc1. The quantitative estimate of drug-likeness (QED) is 0.577. The summed E-state index contributed by atoms with van der Waals surface area (Å²) in [5.74, 6) is 1.19. The molecule has 144 valence electrons. The average Bonchev–Trinajstić information content (AvgIpc) is 3.01. The summed E-state index contributed by atoms with van der Waals surface area (Å²) in [6, 6.07) is 7.22. The van der Waals surface area contributed by atoms with Crippen molar-refractivity contribution >= 4 is 17.1 Å². The summed E-state index contributed by atoms with van der Waals surface area (Å²) < 4.78 is 9.34. The van der Waals surface area contributed by atoms with Crippen molar-refractivity contribution in [1.82, 2.24) is 18.7 Å². The number of fused-ring (bicyclic) bond motifs is 1. The molecule has 0 radical (unpaired) electrons. The van der Waals surface area contributed by atoms with Crippen molar-refractivity contribution in [2.75, 3.05) is 25.6 Å². The van der Waals surface area contributed by atoms with Crippen LogP contribution in [0.3, 0.4) is 0 Å². The molecule has 0 fully saturated rings. The van der Waals surface area contributed by atoms with Crippen molar-refractivity contribution in [3.63, 3.8) is 0 Å². The summed E-state index contributed by atoms with van der Waals surface area (Å²) >= 11 is 0. The van der Waals surface area contributed by atoms with Gasteiger partial charge in [0.25, 0.3) is 5.56 Å². The van der Waals surface area contributed by atoms with E-state index in [0.717, 1.165) is 5.56 Å². The number of imidazole rings is 1. The molecule has 2 N–H and O–H groups in total. The van der Waals surface area contributed by atoms with Crippen molar-refractivity contribution in [2.45, 2.75) is 13.0 Å². The van der Waals surface area contributed by atoms with E-state index < -0.39 is 11.2 Å². The van der Waals surface area contributed by atoms with Crippen LogP contribution in [0.4, 0.5) is 5.95 Å². The van der Waals surface area contributed by atoms with E-state index in [4.69, 9.17) is 9.84 Å². The van der Waals surface area contributed by atoms with Crippen molar-refractivity contribution in [3.05, 3.63) is 50.7 Å². The van der Waals surface area contributed by atoms with Crippen LogP contribution in [-0.2, 0) is 20.6 Å². The van der Waals surface area contributed by atoms with Crippen LogP contribution in [0.2, 0.25) is 0 Å². The van der Waals surface area contributed by atoms with Gasteiger partial charge in [0.1, 0.15) is 5.75 Å². The van der Waals surface area contributed by atoms with Gasteiger partial charge in [0, 0.05) is 27.2 Å². The zero-order chi connectivity index (χ0) is 19.6. The molecule has 3 aromatic rings. The van der Waals surface area contributed by atoms with Crippen LogP contribution in [0.15, 0.2) is 33.9 Å². The first kappa shape index (κ1) is 18.7. The number of anilines is 1. The highest BCUT2D eigenvalue weighted by molar-refractivity contribution is 5.74. The Morgan fingerprint density at radius 1 is 1.15 bits per heavy atom. The smallest absolute Gasteiger partial charge is 0.332 e. The Bertz CT molecular complexity index is 1060. The first-order chi connectivity index (χ1) is 13.0. The van der Waals surface area contributed by atoms with Gasteiger partial charge in [-0.1, -0.05) is 12.1 Å². The predicted molar refractivity (Wildman–Crippen MR) is 103 cm³/mol. The normalized spacial score (nSPS) is 11.1. The van der Waals surface area contributed by atoms with E-state index >= 15 is 0 Å². The Balaban J connectivity index is 2.06. The van der Waals surface area contributed by atoms with E-state index in [1.54, 1.807) is 37.9 Å². The molecule has 0 atom stereocenters. The maximum Gasteiger partial charge on any atom is 0.332 e. The van der Waals surface area contributed by atoms with Gasteiger partial charge in [-0.15, -0.1) is 0 Å². The topological polar surface area (TPSA) is 103 Å². The standard InChI is InChI=1S/C18H23N5O4/c1-21-14-15(20-17(21)19-9-4-10-24)22(2)18(26)23(16(14)25)11-12-5-7-13(27-3)8-6-12/h5-8,24H,4,9-11H2,1-3H3,(H,19,20). The number of ether oxygens (including phenoxy) is 1. The van der Waals surface area contributed by atoms with E-state index in [0.29, 0.717) is 35.8 Å². The van der Waals surface area contributed by atoms with Crippen LogP contribution < -0.4 is 21.3 Å². The maximum atomic E-state index is 13.0. The second-order valence-electron chi connectivity index (χ2n) is 6.25. The molecule has 27 heavy (non-hydrogen) atoms. The van der Waals surface area contributed by atoms with Crippen LogP contribution in [0.5, 0.6) is 5.75 Å². The van der Waals surface area contributed by atoms with E-state index in [1.165, 1.54) is 9.13 Å². The molecule has 0 amide bonds. The Hall–Kier alpha value is -3.07.